The first-order valence-corrected chi connectivity index (χ1v) is 5.04. The lowest BCUT2D eigenvalue weighted by molar-refractivity contribution is 0.0694. The molecule has 1 heterocycles. The van der Waals surface area contributed by atoms with Gasteiger partial charge in [0, 0.05) is 7.05 Å². The molecular formula is C13H9NO2. The molecule has 3 heteroatoms. The van der Waals surface area contributed by atoms with E-state index >= 15 is 0 Å². The molecule has 0 unspecified atom stereocenters. The van der Waals surface area contributed by atoms with Gasteiger partial charge in [0.2, 0.25) is 0 Å². The topological polar surface area (TPSA) is 37.4 Å². The minimum absolute atomic E-state index is 0.211. The number of carbonyl (C=O) groups is 2. The van der Waals surface area contributed by atoms with E-state index in [-0.39, 0.29) is 11.8 Å². The Balaban J connectivity index is 2.46. The van der Waals surface area contributed by atoms with Crippen LogP contribution in [0.25, 0.3) is 10.8 Å². The molecule has 0 spiro atoms. The molecule has 3 nitrogen and oxygen atoms in total. The van der Waals surface area contributed by atoms with Crippen LogP contribution in [0.5, 0.6) is 0 Å². The number of benzene rings is 2. The first kappa shape index (κ1) is 9.09. The summed E-state index contributed by atoms with van der Waals surface area (Å²) in [6.07, 6.45) is 0. The molecule has 3 rings (SSSR count). The quantitative estimate of drug-likeness (QED) is 0.625. The van der Waals surface area contributed by atoms with Crippen LogP contribution in [0.3, 0.4) is 0 Å². The van der Waals surface area contributed by atoms with E-state index in [9.17, 15) is 9.59 Å². The average Bonchev–Trinajstić information content (AvgIpc) is 2.55. The van der Waals surface area contributed by atoms with E-state index in [0.29, 0.717) is 11.1 Å². The molecular weight excluding hydrogens is 202 g/mol. The fourth-order valence-electron chi connectivity index (χ4n) is 2.12. The van der Waals surface area contributed by atoms with Crippen LogP contribution in [0.1, 0.15) is 20.7 Å². The van der Waals surface area contributed by atoms with Gasteiger partial charge >= 0.3 is 0 Å². The highest BCUT2D eigenvalue weighted by Gasteiger charge is 2.33. The number of fused-ring (bicyclic) bond motifs is 3. The van der Waals surface area contributed by atoms with Crippen molar-refractivity contribution in [2.24, 2.45) is 0 Å². The van der Waals surface area contributed by atoms with Gasteiger partial charge in [-0.3, -0.25) is 14.5 Å². The summed E-state index contributed by atoms with van der Waals surface area (Å²) in [7, 11) is 1.51. The molecule has 0 atom stereocenters. The van der Waals surface area contributed by atoms with Gasteiger partial charge in [-0.25, -0.2) is 0 Å². The highest BCUT2D eigenvalue weighted by Crippen LogP contribution is 2.29. The third-order valence-corrected chi connectivity index (χ3v) is 2.98. The van der Waals surface area contributed by atoms with Gasteiger partial charge in [-0.15, -0.1) is 0 Å². The standard InChI is InChI=1S/C13H9NO2/c1-14-12(15)10-7-6-8-4-2-3-5-9(8)11(10)13(14)16/h2-7H,1H3. The minimum Gasteiger partial charge on any atom is -0.277 e. The molecule has 0 aromatic heterocycles. The molecule has 2 amide bonds. The molecule has 0 aliphatic carbocycles. The molecule has 0 N–H and O–H groups in total. The summed E-state index contributed by atoms with van der Waals surface area (Å²) in [5, 5.41) is 1.83. The monoisotopic (exact) mass is 211 g/mol. The average molecular weight is 211 g/mol. The van der Waals surface area contributed by atoms with Crippen molar-refractivity contribution in [2.75, 3.05) is 7.05 Å². The number of imide groups is 1. The third kappa shape index (κ3) is 0.972. The lowest BCUT2D eigenvalue weighted by Gasteiger charge is -2.03. The molecule has 78 valence electrons. The number of hydrogen-bond donors (Lipinski definition) is 0. The third-order valence-electron chi connectivity index (χ3n) is 2.98. The smallest absolute Gasteiger partial charge is 0.261 e. The predicted octanol–water partition coefficient (Wildman–Crippen LogP) is 2.07. The molecule has 0 radical (unpaired) electrons. The molecule has 0 saturated carbocycles. The van der Waals surface area contributed by atoms with E-state index in [2.05, 4.69) is 0 Å². The Labute approximate surface area is 92.3 Å². The summed E-state index contributed by atoms with van der Waals surface area (Å²) in [6, 6.07) is 11.2. The first-order chi connectivity index (χ1) is 7.70. The SMILES string of the molecule is CN1C(=O)c2ccc3ccccc3c2C1=O. The zero-order valence-electron chi connectivity index (χ0n) is 8.73. The van der Waals surface area contributed by atoms with E-state index in [1.54, 1.807) is 6.07 Å². The Morgan fingerprint density at radius 2 is 1.69 bits per heavy atom. The van der Waals surface area contributed by atoms with Crippen LogP contribution < -0.4 is 0 Å². The summed E-state index contributed by atoms with van der Waals surface area (Å²) < 4.78 is 0. The Morgan fingerprint density at radius 1 is 0.938 bits per heavy atom. The fourth-order valence-corrected chi connectivity index (χ4v) is 2.12. The Morgan fingerprint density at radius 3 is 2.50 bits per heavy atom. The van der Waals surface area contributed by atoms with E-state index in [1.807, 2.05) is 30.3 Å². The van der Waals surface area contributed by atoms with Gasteiger partial charge in [-0.2, -0.15) is 0 Å². The maximum Gasteiger partial charge on any atom is 0.261 e. The second-order valence-corrected chi connectivity index (χ2v) is 3.88. The van der Waals surface area contributed by atoms with E-state index in [4.69, 9.17) is 0 Å². The maximum absolute atomic E-state index is 11.9. The van der Waals surface area contributed by atoms with E-state index in [1.165, 1.54) is 7.05 Å². The summed E-state index contributed by atoms with van der Waals surface area (Å²) in [4.78, 5) is 24.8. The van der Waals surface area contributed by atoms with Crippen LogP contribution in [-0.4, -0.2) is 23.8 Å². The lowest BCUT2D eigenvalue weighted by atomic mass is 10.0. The predicted molar refractivity (Wildman–Crippen MR) is 60.4 cm³/mol. The van der Waals surface area contributed by atoms with Crippen LogP contribution in [0.15, 0.2) is 36.4 Å². The summed E-state index contributed by atoms with van der Waals surface area (Å²) in [6.45, 7) is 0. The fraction of sp³-hybridized carbons (Fsp3) is 0.0769. The summed E-state index contributed by atoms with van der Waals surface area (Å²) in [5.74, 6) is -0.428. The van der Waals surface area contributed by atoms with Crippen LogP contribution in [-0.2, 0) is 0 Å². The first-order valence-electron chi connectivity index (χ1n) is 5.04. The van der Waals surface area contributed by atoms with Crippen molar-refractivity contribution in [3.8, 4) is 0 Å². The second kappa shape index (κ2) is 2.92. The van der Waals surface area contributed by atoms with Gasteiger partial charge in [0.25, 0.3) is 11.8 Å². The minimum atomic E-state index is -0.217. The molecule has 0 fully saturated rings. The Bertz CT molecular complexity index is 631. The highest BCUT2D eigenvalue weighted by atomic mass is 16.2. The van der Waals surface area contributed by atoms with Crippen LogP contribution in [0.4, 0.5) is 0 Å². The van der Waals surface area contributed by atoms with Gasteiger partial charge in [-0.05, 0) is 16.8 Å². The molecule has 2 aromatic rings. The zero-order valence-corrected chi connectivity index (χ0v) is 8.73. The van der Waals surface area contributed by atoms with E-state index < -0.39 is 0 Å². The van der Waals surface area contributed by atoms with Crippen LogP contribution >= 0.6 is 0 Å². The van der Waals surface area contributed by atoms with Crippen LogP contribution in [0.2, 0.25) is 0 Å². The summed E-state index contributed by atoms with van der Waals surface area (Å²) >= 11 is 0. The normalized spacial score (nSPS) is 14.7. The van der Waals surface area contributed by atoms with Gasteiger partial charge < -0.3 is 0 Å². The Hall–Kier alpha value is -2.16. The molecule has 1 aliphatic heterocycles. The maximum atomic E-state index is 11.9. The van der Waals surface area contributed by atoms with Gasteiger partial charge in [0.15, 0.2) is 0 Å². The van der Waals surface area contributed by atoms with Crippen molar-refractivity contribution in [3.63, 3.8) is 0 Å². The number of nitrogens with zero attached hydrogens (tertiary/aromatic N) is 1. The lowest BCUT2D eigenvalue weighted by Crippen LogP contribution is -2.24. The van der Waals surface area contributed by atoms with Crippen molar-refractivity contribution < 1.29 is 9.59 Å². The number of amides is 2. The van der Waals surface area contributed by atoms with Gasteiger partial charge in [0.1, 0.15) is 0 Å². The van der Waals surface area contributed by atoms with Crippen molar-refractivity contribution in [2.45, 2.75) is 0 Å². The van der Waals surface area contributed by atoms with E-state index in [0.717, 1.165) is 15.7 Å². The van der Waals surface area contributed by atoms with Crippen molar-refractivity contribution in [1.29, 1.82) is 0 Å². The molecule has 0 saturated heterocycles. The highest BCUT2D eigenvalue weighted by molar-refractivity contribution is 6.26. The van der Waals surface area contributed by atoms with Crippen molar-refractivity contribution >= 4 is 22.6 Å². The molecule has 16 heavy (non-hydrogen) atoms. The molecule has 0 bridgehead atoms. The molecule has 2 aromatic carbocycles. The summed E-state index contributed by atoms with van der Waals surface area (Å²) in [5.41, 5.74) is 1.04. The number of rotatable bonds is 0. The van der Waals surface area contributed by atoms with Gasteiger partial charge in [-0.1, -0.05) is 30.3 Å². The van der Waals surface area contributed by atoms with Crippen LogP contribution in [0, 0.1) is 0 Å². The molecule has 1 aliphatic rings. The van der Waals surface area contributed by atoms with Gasteiger partial charge in [0.05, 0.1) is 11.1 Å². The Kier molecular flexibility index (Phi) is 1.66. The number of hydrogen-bond acceptors (Lipinski definition) is 2. The van der Waals surface area contributed by atoms with Crippen molar-refractivity contribution in [1.82, 2.24) is 4.90 Å². The second-order valence-electron chi connectivity index (χ2n) is 3.88. The largest absolute Gasteiger partial charge is 0.277 e. The zero-order chi connectivity index (χ0) is 11.3. The van der Waals surface area contributed by atoms with Crippen molar-refractivity contribution in [3.05, 3.63) is 47.5 Å². The number of carbonyl (C=O) groups excluding carboxylic acids is 2.